The fourth-order valence-corrected chi connectivity index (χ4v) is 2.90. The summed E-state index contributed by atoms with van der Waals surface area (Å²) in [6.45, 7) is 8.52. The van der Waals surface area contributed by atoms with Gasteiger partial charge in [-0.05, 0) is 37.8 Å². The number of nitrogens with one attached hydrogen (secondary N) is 1. The molecule has 0 aromatic carbocycles. The monoisotopic (exact) mass is 269 g/mol. The molecule has 0 saturated heterocycles. The molecular weight excluding hydrogens is 246 g/mol. The molecule has 1 atom stereocenters. The molecule has 0 radical (unpaired) electrons. The van der Waals surface area contributed by atoms with Crippen molar-refractivity contribution in [3.8, 4) is 0 Å². The Morgan fingerprint density at radius 2 is 2.17 bits per heavy atom. The number of carbonyl (C=O) groups is 1. The van der Waals surface area contributed by atoms with Crippen LogP contribution in [0.1, 0.15) is 36.9 Å². The fraction of sp³-hybridized carbons (Fsp3) is 0.643. The van der Waals surface area contributed by atoms with Crippen LogP contribution in [0.5, 0.6) is 0 Å². The second kappa shape index (κ2) is 6.34. The van der Waals surface area contributed by atoms with E-state index in [9.17, 15) is 9.90 Å². The van der Waals surface area contributed by atoms with Gasteiger partial charge in [-0.1, -0.05) is 13.8 Å². The van der Waals surface area contributed by atoms with Crippen LogP contribution in [-0.2, 0) is 11.2 Å². The van der Waals surface area contributed by atoms with Gasteiger partial charge < -0.3 is 10.4 Å². The average Bonchev–Trinajstić information content (AvgIpc) is 2.59. The van der Waals surface area contributed by atoms with Gasteiger partial charge in [0.15, 0.2) is 0 Å². The molecule has 2 N–H and O–H groups in total. The van der Waals surface area contributed by atoms with Gasteiger partial charge in [-0.15, -0.1) is 11.3 Å². The molecule has 0 spiro atoms. The van der Waals surface area contributed by atoms with E-state index in [2.05, 4.69) is 19.2 Å². The maximum absolute atomic E-state index is 11.8. The highest BCUT2D eigenvalue weighted by molar-refractivity contribution is 7.12. The number of aryl methyl sites for hydroxylation is 1. The van der Waals surface area contributed by atoms with Crippen molar-refractivity contribution in [2.45, 2.75) is 46.6 Å². The average molecular weight is 269 g/mol. The molecular formula is C14H23NO2S. The lowest BCUT2D eigenvalue weighted by molar-refractivity contribution is -0.120. The summed E-state index contributed by atoms with van der Waals surface area (Å²) in [5.41, 5.74) is -0.0742. The highest BCUT2D eigenvalue weighted by Crippen LogP contribution is 2.21. The Morgan fingerprint density at radius 1 is 1.50 bits per heavy atom. The standard InChI is InChI=1S/C14H23NO2S/c1-10(16)8-14(3,4)9-15-13(17)7-12-6-5-11(2)18-12/h5-6,10,16H,7-9H2,1-4H3,(H,15,17). The predicted molar refractivity (Wildman–Crippen MR) is 75.8 cm³/mol. The molecule has 1 aromatic rings. The third-order valence-corrected chi connectivity index (χ3v) is 3.74. The quantitative estimate of drug-likeness (QED) is 0.833. The molecule has 4 heteroatoms. The van der Waals surface area contributed by atoms with E-state index in [4.69, 9.17) is 0 Å². The number of aliphatic hydroxyl groups is 1. The number of hydrogen-bond donors (Lipinski definition) is 2. The van der Waals surface area contributed by atoms with Crippen molar-refractivity contribution in [2.75, 3.05) is 6.54 Å². The maximum Gasteiger partial charge on any atom is 0.225 e. The van der Waals surface area contributed by atoms with Crippen LogP contribution in [0.2, 0.25) is 0 Å². The number of hydrogen-bond acceptors (Lipinski definition) is 3. The zero-order chi connectivity index (χ0) is 13.8. The Kier molecular flexibility index (Phi) is 5.35. The Bertz CT molecular complexity index is 396. The van der Waals surface area contributed by atoms with Crippen LogP contribution >= 0.6 is 11.3 Å². The van der Waals surface area contributed by atoms with Crippen molar-refractivity contribution in [1.82, 2.24) is 5.32 Å². The zero-order valence-corrected chi connectivity index (χ0v) is 12.4. The van der Waals surface area contributed by atoms with Gasteiger partial charge in [0.2, 0.25) is 5.91 Å². The van der Waals surface area contributed by atoms with Gasteiger partial charge in [-0.2, -0.15) is 0 Å². The summed E-state index contributed by atoms with van der Waals surface area (Å²) in [6.07, 6.45) is 0.797. The minimum absolute atomic E-state index is 0.0514. The molecule has 18 heavy (non-hydrogen) atoms. The molecule has 1 heterocycles. The summed E-state index contributed by atoms with van der Waals surface area (Å²) in [5.74, 6) is 0.0514. The Labute approximate surface area is 113 Å². The van der Waals surface area contributed by atoms with Crippen molar-refractivity contribution < 1.29 is 9.90 Å². The topological polar surface area (TPSA) is 49.3 Å². The SMILES string of the molecule is Cc1ccc(CC(=O)NCC(C)(C)CC(C)O)s1. The first kappa shape index (κ1) is 15.2. The highest BCUT2D eigenvalue weighted by Gasteiger charge is 2.21. The molecule has 102 valence electrons. The molecule has 0 fully saturated rings. The summed E-state index contributed by atoms with van der Waals surface area (Å²) in [6, 6.07) is 4.03. The van der Waals surface area contributed by atoms with E-state index in [1.54, 1.807) is 18.3 Å². The lowest BCUT2D eigenvalue weighted by Gasteiger charge is -2.26. The van der Waals surface area contributed by atoms with E-state index in [-0.39, 0.29) is 17.4 Å². The van der Waals surface area contributed by atoms with Crippen LogP contribution in [-0.4, -0.2) is 23.7 Å². The molecule has 1 unspecified atom stereocenters. The van der Waals surface area contributed by atoms with Gasteiger partial charge in [-0.3, -0.25) is 4.79 Å². The van der Waals surface area contributed by atoms with Crippen LogP contribution in [0.25, 0.3) is 0 Å². The number of aliphatic hydroxyl groups excluding tert-OH is 1. The second-order valence-corrected chi connectivity index (χ2v) is 7.06. The van der Waals surface area contributed by atoms with Gasteiger partial charge in [-0.25, -0.2) is 0 Å². The minimum Gasteiger partial charge on any atom is -0.393 e. The Hall–Kier alpha value is -0.870. The van der Waals surface area contributed by atoms with Crippen molar-refractivity contribution in [3.63, 3.8) is 0 Å². The first-order valence-electron chi connectivity index (χ1n) is 6.28. The van der Waals surface area contributed by atoms with E-state index < -0.39 is 0 Å². The van der Waals surface area contributed by atoms with Crippen LogP contribution in [0.4, 0.5) is 0 Å². The van der Waals surface area contributed by atoms with Crippen molar-refractivity contribution >= 4 is 17.2 Å². The maximum atomic E-state index is 11.8. The third-order valence-electron chi connectivity index (χ3n) is 2.74. The van der Waals surface area contributed by atoms with E-state index in [1.165, 1.54) is 4.88 Å². The number of rotatable bonds is 6. The smallest absolute Gasteiger partial charge is 0.225 e. The van der Waals surface area contributed by atoms with Crippen molar-refractivity contribution in [2.24, 2.45) is 5.41 Å². The van der Waals surface area contributed by atoms with Crippen LogP contribution in [0, 0.1) is 12.3 Å². The van der Waals surface area contributed by atoms with Gasteiger partial charge in [0.05, 0.1) is 12.5 Å². The number of carbonyl (C=O) groups excluding carboxylic acids is 1. The molecule has 0 aliphatic rings. The lowest BCUT2D eigenvalue weighted by atomic mass is 9.87. The van der Waals surface area contributed by atoms with Crippen LogP contribution in [0.3, 0.4) is 0 Å². The lowest BCUT2D eigenvalue weighted by Crippen LogP contribution is -2.36. The molecule has 0 saturated carbocycles. The molecule has 0 aliphatic carbocycles. The van der Waals surface area contributed by atoms with E-state index in [0.29, 0.717) is 19.4 Å². The van der Waals surface area contributed by atoms with E-state index >= 15 is 0 Å². The molecule has 0 aliphatic heterocycles. The van der Waals surface area contributed by atoms with Crippen LogP contribution < -0.4 is 5.32 Å². The first-order valence-corrected chi connectivity index (χ1v) is 7.10. The van der Waals surface area contributed by atoms with Crippen LogP contribution in [0.15, 0.2) is 12.1 Å². The normalized spacial score (nSPS) is 13.4. The zero-order valence-electron chi connectivity index (χ0n) is 11.6. The van der Waals surface area contributed by atoms with Gasteiger partial charge in [0.25, 0.3) is 0 Å². The first-order chi connectivity index (χ1) is 8.28. The van der Waals surface area contributed by atoms with Crippen molar-refractivity contribution in [1.29, 1.82) is 0 Å². The predicted octanol–water partition coefficient (Wildman–Crippen LogP) is 2.51. The molecule has 3 nitrogen and oxygen atoms in total. The van der Waals surface area contributed by atoms with E-state index in [1.807, 2.05) is 19.1 Å². The molecule has 0 bridgehead atoms. The summed E-state index contributed by atoms with van der Waals surface area (Å²) in [7, 11) is 0. The largest absolute Gasteiger partial charge is 0.393 e. The summed E-state index contributed by atoms with van der Waals surface area (Å²) >= 11 is 1.66. The third kappa shape index (κ3) is 5.65. The van der Waals surface area contributed by atoms with Gasteiger partial charge in [0.1, 0.15) is 0 Å². The minimum atomic E-state index is -0.336. The van der Waals surface area contributed by atoms with Crippen molar-refractivity contribution in [3.05, 3.63) is 21.9 Å². The number of amides is 1. The second-order valence-electron chi connectivity index (χ2n) is 5.68. The van der Waals surface area contributed by atoms with Gasteiger partial charge in [0, 0.05) is 16.3 Å². The molecule has 1 amide bonds. The summed E-state index contributed by atoms with van der Waals surface area (Å²) in [4.78, 5) is 14.1. The number of thiophene rings is 1. The molecule has 1 rings (SSSR count). The summed E-state index contributed by atoms with van der Waals surface area (Å²) in [5, 5.41) is 12.3. The summed E-state index contributed by atoms with van der Waals surface area (Å²) < 4.78 is 0. The Balaban J connectivity index is 2.37. The Morgan fingerprint density at radius 3 is 2.67 bits per heavy atom. The fourth-order valence-electron chi connectivity index (χ4n) is 2.01. The van der Waals surface area contributed by atoms with E-state index in [0.717, 1.165) is 4.88 Å². The highest BCUT2D eigenvalue weighted by atomic mass is 32.1. The van der Waals surface area contributed by atoms with Gasteiger partial charge >= 0.3 is 0 Å². The molecule has 1 aromatic heterocycles.